The van der Waals surface area contributed by atoms with Crippen molar-refractivity contribution in [2.45, 2.75) is 32.9 Å². The number of rotatable bonds is 7. The number of amides is 1. The van der Waals surface area contributed by atoms with E-state index in [9.17, 15) is 4.79 Å². The predicted molar refractivity (Wildman–Crippen MR) is 111 cm³/mol. The van der Waals surface area contributed by atoms with Crippen molar-refractivity contribution in [3.63, 3.8) is 0 Å². The third-order valence-electron chi connectivity index (χ3n) is 4.80. The van der Waals surface area contributed by atoms with Crippen LogP contribution in [0.25, 0.3) is 0 Å². The number of hydrogen-bond acceptors (Lipinski definition) is 3. The number of ether oxygens (including phenoxy) is 1. The molecule has 0 fully saturated rings. The number of para-hydroxylation sites is 1. The predicted octanol–water partition coefficient (Wildman–Crippen LogP) is 4.67. The standard InChI is InChI=1S/C24H26N2O2/c1-18-10-9-14-22(25-18)24(27)26(17-20-11-5-4-6-12-20)19(2)16-21-13-7-8-15-23(21)28-3/h4-15,19H,16-17H2,1-3H3. The quantitative estimate of drug-likeness (QED) is 0.603. The monoisotopic (exact) mass is 374 g/mol. The highest BCUT2D eigenvalue weighted by Gasteiger charge is 2.24. The van der Waals surface area contributed by atoms with E-state index in [2.05, 4.69) is 11.9 Å². The van der Waals surface area contributed by atoms with E-state index >= 15 is 0 Å². The van der Waals surface area contributed by atoms with E-state index < -0.39 is 0 Å². The fourth-order valence-corrected chi connectivity index (χ4v) is 3.32. The third kappa shape index (κ3) is 4.77. The molecule has 1 amide bonds. The van der Waals surface area contributed by atoms with Gasteiger partial charge < -0.3 is 9.64 Å². The number of aryl methyl sites for hydroxylation is 1. The van der Waals surface area contributed by atoms with Gasteiger partial charge in [0.1, 0.15) is 11.4 Å². The molecule has 3 aromatic rings. The lowest BCUT2D eigenvalue weighted by Crippen LogP contribution is -2.39. The van der Waals surface area contributed by atoms with Crippen LogP contribution in [0.4, 0.5) is 0 Å². The molecule has 0 radical (unpaired) electrons. The van der Waals surface area contributed by atoms with Crippen LogP contribution in [-0.2, 0) is 13.0 Å². The molecular formula is C24H26N2O2. The van der Waals surface area contributed by atoms with Crippen molar-refractivity contribution < 1.29 is 9.53 Å². The molecule has 0 bridgehead atoms. The van der Waals surface area contributed by atoms with Crippen molar-refractivity contribution >= 4 is 5.91 Å². The van der Waals surface area contributed by atoms with Crippen LogP contribution < -0.4 is 4.74 Å². The highest BCUT2D eigenvalue weighted by atomic mass is 16.5. The van der Waals surface area contributed by atoms with Gasteiger partial charge in [0, 0.05) is 18.3 Å². The van der Waals surface area contributed by atoms with E-state index in [1.807, 2.05) is 78.6 Å². The molecule has 144 valence electrons. The fourth-order valence-electron chi connectivity index (χ4n) is 3.32. The summed E-state index contributed by atoms with van der Waals surface area (Å²) in [5, 5.41) is 0. The highest BCUT2D eigenvalue weighted by Crippen LogP contribution is 2.22. The molecular weight excluding hydrogens is 348 g/mol. The summed E-state index contributed by atoms with van der Waals surface area (Å²) in [5.41, 5.74) is 3.49. The first-order chi connectivity index (χ1) is 13.6. The smallest absolute Gasteiger partial charge is 0.273 e. The van der Waals surface area contributed by atoms with Gasteiger partial charge in [0.05, 0.1) is 7.11 Å². The summed E-state index contributed by atoms with van der Waals surface area (Å²) in [6, 6.07) is 23.5. The second-order valence-corrected chi connectivity index (χ2v) is 6.95. The first-order valence-electron chi connectivity index (χ1n) is 9.49. The van der Waals surface area contributed by atoms with Gasteiger partial charge in [0.15, 0.2) is 0 Å². The zero-order valence-corrected chi connectivity index (χ0v) is 16.6. The van der Waals surface area contributed by atoms with Gasteiger partial charge in [-0.2, -0.15) is 0 Å². The number of pyridine rings is 1. The van der Waals surface area contributed by atoms with Crippen molar-refractivity contribution in [2.75, 3.05) is 7.11 Å². The Bertz CT molecular complexity index is 925. The van der Waals surface area contributed by atoms with Crippen LogP contribution in [0.1, 0.15) is 34.2 Å². The van der Waals surface area contributed by atoms with Gasteiger partial charge in [-0.05, 0) is 49.6 Å². The Morgan fingerprint density at radius 1 is 1.00 bits per heavy atom. The number of nitrogens with zero attached hydrogens (tertiary/aromatic N) is 2. The summed E-state index contributed by atoms with van der Waals surface area (Å²) < 4.78 is 5.49. The number of carbonyl (C=O) groups excluding carboxylic acids is 1. The summed E-state index contributed by atoms with van der Waals surface area (Å²) in [4.78, 5) is 19.7. The third-order valence-corrected chi connectivity index (χ3v) is 4.80. The number of aromatic nitrogens is 1. The normalized spacial score (nSPS) is 11.7. The van der Waals surface area contributed by atoms with Crippen LogP contribution in [0, 0.1) is 6.92 Å². The average Bonchev–Trinajstić information content (AvgIpc) is 2.72. The Labute approximate surface area is 166 Å². The summed E-state index contributed by atoms with van der Waals surface area (Å²) in [6.07, 6.45) is 0.703. The number of methoxy groups -OCH3 is 1. The van der Waals surface area contributed by atoms with Crippen LogP contribution >= 0.6 is 0 Å². The molecule has 1 aromatic heterocycles. The van der Waals surface area contributed by atoms with E-state index in [4.69, 9.17) is 4.74 Å². The maximum Gasteiger partial charge on any atom is 0.273 e. The van der Waals surface area contributed by atoms with Gasteiger partial charge in [-0.1, -0.05) is 54.6 Å². The van der Waals surface area contributed by atoms with Gasteiger partial charge in [-0.15, -0.1) is 0 Å². The molecule has 1 atom stereocenters. The average molecular weight is 374 g/mol. The summed E-state index contributed by atoms with van der Waals surface area (Å²) in [6.45, 7) is 4.51. The first-order valence-corrected chi connectivity index (χ1v) is 9.49. The number of hydrogen-bond donors (Lipinski definition) is 0. The molecule has 1 heterocycles. The maximum atomic E-state index is 13.3. The molecule has 4 nitrogen and oxygen atoms in total. The Hall–Kier alpha value is -3.14. The fraction of sp³-hybridized carbons (Fsp3) is 0.250. The topological polar surface area (TPSA) is 42.4 Å². The van der Waals surface area contributed by atoms with Gasteiger partial charge in [-0.25, -0.2) is 4.98 Å². The summed E-state index contributed by atoms with van der Waals surface area (Å²) >= 11 is 0. The zero-order valence-electron chi connectivity index (χ0n) is 16.6. The lowest BCUT2D eigenvalue weighted by Gasteiger charge is -2.30. The Morgan fingerprint density at radius 2 is 1.71 bits per heavy atom. The SMILES string of the molecule is COc1ccccc1CC(C)N(Cc1ccccc1)C(=O)c1cccc(C)n1. The maximum absolute atomic E-state index is 13.3. The van der Waals surface area contributed by atoms with E-state index in [-0.39, 0.29) is 11.9 Å². The Kier molecular flexibility index (Phi) is 6.43. The molecule has 0 spiro atoms. The lowest BCUT2D eigenvalue weighted by atomic mass is 10.0. The van der Waals surface area contributed by atoms with E-state index in [0.29, 0.717) is 18.7 Å². The summed E-state index contributed by atoms with van der Waals surface area (Å²) in [7, 11) is 1.67. The van der Waals surface area contributed by atoms with Crippen LogP contribution in [-0.4, -0.2) is 28.9 Å². The molecule has 28 heavy (non-hydrogen) atoms. The van der Waals surface area contributed by atoms with Crippen LogP contribution in [0.15, 0.2) is 72.8 Å². The molecule has 2 aromatic carbocycles. The molecule has 1 unspecified atom stereocenters. The van der Waals surface area contributed by atoms with Crippen LogP contribution in [0.2, 0.25) is 0 Å². The Balaban J connectivity index is 1.89. The molecule has 3 rings (SSSR count). The molecule has 4 heteroatoms. The molecule has 0 aliphatic carbocycles. The second kappa shape index (κ2) is 9.18. The zero-order chi connectivity index (χ0) is 19.9. The van der Waals surface area contributed by atoms with Gasteiger partial charge in [0.2, 0.25) is 0 Å². The van der Waals surface area contributed by atoms with Crippen molar-refractivity contribution in [1.29, 1.82) is 0 Å². The Morgan fingerprint density at radius 3 is 2.43 bits per heavy atom. The molecule has 0 aliphatic rings. The summed E-state index contributed by atoms with van der Waals surface area (Å²) in [5.74, 6) is 0.782. The van der Waals surface area contributed by atoms with Crippen LogP contribution in [0.5, 0.6) is 5.75 Å². The number of carbonyl (C=O) groups is 1. The van der Waals surface area contributed by atoms with Crippen molar-refractivity contribution in [3.8, 4) is 5.75 Å². The molecule has 0 saturated carbocycles. The van der Waals surface area contributed by atoms with Crippen LogP contribution in [0.3, 0.4) is 0 Å². The van der Waals surface area contributed by atoms with Gasteiger partial charge >= 0.3 is 0 Å². The van der Waals surface area contributed by atoms with E-state index in [1.165, 1.54) is 0 Å². The lowest BCUT2D eigenvalue weighted by molar-refractivity contribution is 0.0668. The number of benzene rings is 2. The van der Waals surface area contributed by atoms with E-state index in [0.717, 1.165) is 22.6 Å². The molecule has 0 aliphatic heterocycles. The van der Waals surface area contributed by atoms with Crippen molar-refractivity contribution in [1.82, 2.24) is 9.88 Å². The van der Waals surface area contributed by atoms with Crippen molar-refractivity contribution in [2.24, 2.45) is 0 Å². The first kappa shape index (κ1) is 19.6. The minimum atomic E-state index is -0.0602. The minimum Gasteiger partial charge on any atom is -0.496 e. The minimum absolute atomic E-state index is 0.0219. The largest absolute Gasteiger partial charge is 0.496 e. The molecule has 0 saturated heterocycles. The van der Waals surface area contributed by atoms with E-state index in [1.54, 1.807) is 13.2 Å². The van der Waals surface area contributed by atoms with Crippen molar-refractivity contribution in [3.05, 3.63) is 95.3 Å². The highest BCUT2D eigenvalue weighted by molar-refractivity contribution is 5.92. The molecule has 0 N–H and O–H groups in total. The second-order valence-electron chi connectivity index (χ2n) is 6.95. The van der Waals surface area contributed by atoms with Gasteiger partial charge in [0.25, 0.3) is 5.91 Å². The van der Waals surface area contributed by atoms with Gasteiger partial charge in [-0.3, -0.25) is 4.79 Å².